The lowest BCUT2D eigenvalue weighted by Crippen LogP contribution is -2.57. The molecule has 1 aliphatic carbocycles. The monoisotopic (exact) mass is 584 g/mol. The number of fused-ring (bicyclic) bond motifs is 1. The number of aryl methyl sites for hydroxylation is 2. The first-order valence-corrected chi connectivity index (χ1v) is 15.5. The summed E-state index contributed by atoms with van der Waals surface area (Å²) in [5, 5.41) is 8.54. The molecule has 4 heterocycles. The number of H-pyrrole nitrogens is 1. The van der Waals surface area contributed by atoms with E-state index in [0.717, 1.165) is 53.0 Å². The molecule has 6 rings (SSSR count). The van der Waals surface area contributed by atoms with E-state index in [4.69, 9.17) is 25.8 Å². The lowest BCUT2D eigenvalue weighted by molar-refractivity contribution is -0.121. The molecule has 3 aromatic rings. The van der Waals surface area contributed by atoms with Crippen molar-refractivity contribution < 1.29 is 14.2 Å². The molecule has 1 saturated carbocycles. The van der Waals surface area contributed by atoms with Gasteiger partial charge in [-0.05, 0) is 75.0 Å². The molecule has 2 aliphatic heterocycles. The summed E-state index contributed by atoms with van der Waals surface area (Å²) in [6.45, 7) is 7.39. The van der Waals surface area contributed by atoms with Crippen LogP contribution in [-0.2, 0) is 23.9 Å². The van der Waals surface area contributed by atoms with E-state index in [-0.39, 0.29) is 11.5 Å². The van der Waals surface area contributed by atoms with Gasteiger partial charge < -0.3 is 19.2 Å². The number of benzene rings is 1. The average molecular weight is 585 g/mol. The van der Waals surface area contributed by atoms with Gasteiger partial charge in [-0.2, -0.15) is 5.10 Å². The van der Waals surface area contributed by atoms with Crippen LogP contribution in [0.1, 0.15) is 66.5 Å². The molecule has 40 heavy (non-hydrogen) atoms. The molecule has 2 N–H and O–H groups in total. The Bertz CT molecular complexity index is 1490. The van der Waals surface area contributed by atoms with Crippen LogP contribution in [0.25, 0.3) is 0 Å². The summed E-state index contributed by atoms with van der Waals surface area (Å²) in [6.07, 6.45) is 10.3. The smallest absolute Gasteiger partial charge is 0.253 e. The molecule has 1 aromatic carbocycles. The van der Waals surface area contributed by atoms with Crippen LogP contribution in [0.15, 0.2) is 34.2 Å². The number of ether oxygens (including phenoxy) is 3. The molecule has 1 atom stereocenters. The van der Waals surface area contributed by atoms with Gasteiger partial charge in [-0.3, -0.25) is 14.8 Å². The fourth-order valence-electron chi connectivity index (χ4n) is 6.56. The number of nitrogens with one attached hydrogen (secondary N) is 2. The molecule has 8 nitrogen and oxygen atoms in total. The number of hydrogen-bond donors (Lipinski definition) is 2. The lowest BCUT2D eigenvalue weighted by Gasteiger charge is -2.44. The van der Waals surface area contributed by atoms with Crippen molar-refractivity contribution >= 4 is 23.4 Å². The van der Waals surface area contributed by atoms with Gasteiger partial charge in [0.05, 0.1) is 30.0 Å². The highest BCUT2D eigenvalue weighted by Crippen LogP contribution is 2.54. The van der Waals surface area contributed by atoms with Crippen LogP contribution in [0.2, 0.25) is 5.02 Å². The summed E-state index contributed by atoms with van der Waals surface area (Å²) < 4.78 is 20.8. The molecule has 10 heteroatoms. The van der Waals surface area contributed by atoms with Crippen molar-refractivity contribution in [1.29, 1.82) is 0 Å². The molecule has 1 unspecified atom stereocenters. The highest BCUT2D eigenvalue weighted by atomic mass is 35.5. The number of hydrogen-bond acceptors (Lipinski definition) is 7. The molecule has 2 fully saturated rings. The third-order valence-corrected chi connectivity index (χ3v) is 10.1. The van der Waals surface area contributed by atoms with Crippen LogP contribution in [0, 0.1) is 19.8 Å². The van der Waals surface area contributed by atoms with E-state index in [0.29, 0.717) is 42.2 Å². The van der Waals surface area contributed by atoms with Gasteiger partial charge >= 0.3 is 0 Å². The van der Waals surface area contributed by atoms with E-state index < -0.39 is 11.3 Å². The Hall–Kier alpha value is -2.46. The topological polar surface area (TPSA) is 90.4 Å². The molecule has 2 aromatic heterocycles. The standard InChI is InChI=1S/C30H37ClN4O4S/c1-17-10-25(40-5)22(28(36)34-17)13-32-30(15-37-16-30)23-11-24(31)27-26(18(23)2)38-29(3,39-27)21-8-6-19(7-9-21)20-12-33-35(4)14-20/h10-12,14,19,21,32H,6-9,13,15-16H2,1-5H3,(H,34,36). The third kappa shape index (κ3) is 4.74. The molecular formula is C30H37ClN4O4S. The first kappa shape index (κ1) is 27.7. The minimum Gasteiger partial charge on any atom is -0.448 e. The van der Waals surface area contributed by atoms with Crippen LogP contribution in [-0.4, -0.2) is 40.0 Å². The predicted molar refractivity (Wildman–Crippen MR) is 157 cm³/mol. The summed E-state index contributed by atoms with van der Waals surface area (Å²) in [6, 6.07) is 4.00. The number of thioether (sulfide) groups is 1. The summed E-state index contributed by atoms with van der Waals surface area (Å²) in [7, 11) is 1.97. The molecule has 0 amide bonds. The Balaban J connectivity index is 1.22. The Kier molecular flexibility index (Phi) is 7.22. The second-order valence-corrected chi connectivity index (χ2v) is 12.9. The van der Waals surface area contributed by atoms with Crippen LogP contribution < -0.4 is 20.3 Å². The second kappa shape index (κ2) is 10.4. The fourth-order valence-corrected chi connectivity index (χ4v) is 7.50. The van der Waals surface area contributed by atoms with Crippen molar-refractivity contribution in [1.82, 2.24) is 20.1 Å². The number of pyridine rings is 1. The van der Waals surface area contributed by atoms with Gasteiger partial charge in [-0.15, -0.1) is 11.8 Å². The predicted octanol–water partition coefficient (Wildman–Crippen LogP) is 5.58. The average Bonchev–Trinajstić information content (AvgIpc) is 3.51. The number of rotatable bonds is 7. The minimum absolute atomic E-state index is 0.0679. The van der Waals surface area contributed by atoms with Gasteiger partial charge in [-0.1, -0.05) is 11.6 Å². The van der Waals surface area contributed by atoms with Gasteiger partial charge in [0.2, 0.25) is 0 Å². The van der Waals surface area contributed by atoms with Gasteiger partial charge in [0.1, 0.15) is 0 Å². The van der Waals surface area contributed by atoms with Crippen LogP contribution >= 0.6 is 23.4 Å². The van der Waals surface area contributed by atoms with Gasteiger partial charge in [0, 0.05) is 54.3 Å². The number of aromatic nitrogens is 3. The van der Waals surface area contributed by atoms with E-state index in [1.165, 1.54) is 5.56 Å². The first-order valence-electron chi connectivity index (χ1n) is 13.9. The van der Waals surface area contributed by atoms with Gasteiger partial charge in [0.15, 0.2) is 11.5 Å². The number of aromatic amines is 1. The largest absolute Gasteiger partial charge is 0.448 e. The number of halogens is 1. The number of nitrogens with zero attached hydrogens (tertiary/aromatic N) is 2. The third-order valence-electron chi connectivity index (χ3n) is 8.98. The highest BCUT2D eigenvalue weighted by Gasteiger charge is 2.49. The van der Waals surface area contributed by atoms with E-state index in [1.54, 1.807) is 11.8 Å². The van der Waals surface area contributed by atoms with Crippen molar-refractivity contribution in [2.75, 3.05) is 19.5 Å². The SMILES string of the molecule is CSc1cc(C)[nH]c(=O)c1CNC1(c2cc(Cl)c3c(c2C)OC(C)(C2CCC(c4cnn(C)c4)CC2)O3)COC1. The van der Waals surface area contributed by atoms with Crippen molar-refractivity contribution in [3.05, 3.63) is 67.9 Å². The Labute approximate surface area is 244 Å². The first-order chi connectivity index (χ1) is 19.1. The zero-order valence-electron chi connectivity index (χ0n) is 23.7. The van der Waals surface area contributed by atoms with E-state index in [1.807, 2.05) is 50.2 Å². The summed E-state index contributed by atoms with van der Waals surface area (Å²) in [5.41, 5.74) is 4.36. The second-order valence-electron chi connectivity index (χ2n) is 11.7. The van der Waals surface area contributed by atoms with Crippen LogP contribution in [0.3, 0.4) is 0 Å². The maximum absolute atomic E-state index is 12.8. The normalized spacial score (nSPS) is 25.1. The van der Waals surface area contributed by atoms with Gasteiger partial charge in [-0.25, -0.2) is 0 Å². The molecular weight excluding hydrogens is 548 g/mol. The molecule has 214 valence electrons. The van der Waals surface area contributed by atoms with Crippen molar-refractivity contribution in [2.45, 2.75) is 75.1 Å². The summed E-state index contributed by atoms with van der Waals surface area (Å²) >= 11 is 8.45. The Morgan fingerprint density at radius 2 is 1.90 bits per heavy atom. The minimum atomic E-state index is -0.769. The van der Waals surface area contributed by atoms with Crippen molar-refractivity contribution in [2.24, 2.45) is 13.0 Å². The molecule has 1 saturated heterocycles. The van der Waals surface area contributed by atoms with Crippen LogP contribution in [0.4, 0.5) is 0 Å². The van der Waals surface area contributed by atoms with Gasteiger partial charge in [0.25, 0.3) is 11.3 Å². The summed E-state index contributed by atoms with van der Waals surface area (Å²) in [5.74, 6) is 1.34. The maximum Gasteiger partial charge on any atom is 0.253 e. The molecule has 0 bridgehead atoms. The molecule has 0 radical (unpaired) electrons. The zero-order valence-corrected chi connectivity index (χ0v) is 25.3. The lowest BCUT2D eigenvalue weighted by atomic mass is 9.76. The van der Waals surface area contributed by atoms with Crippen molar-refractivity contribution in [3.8, 4) is 11.5 Å². The van der Waals surface area contributed by atoms with Crippen LogP contribution in [0.5, 0.6) is 11.5 Å². The van der Waals surface area contributed by atoms with Crippen molar-refractivity contribution in [3.63, 3.8) is 0 Å². The maximum atomic E-state index is 12.8. The molecule has 0 spiro atoms. The Morgan fingerprint density at radius 3 is 2.52 bits per heavy atom. The highest BCUT2D eigenvalue weighted by molar-refractivity contribution is 7.98. The quantitative estimate of drug-likeness (QED) is 0.351. The summed E-state index contributed by atoms with van der Waals surface area (Å²) in [4.78, 5) is 16.7. The Morgan fingerprint density at radius 1 is 1.18 bits per heavy atom. The van der Waals surface area contributed by atoms with E-state index in [9.17, 15) is 4.79 Å². The van der Waals surface area contributed by atoms with E-state index >= 15 is 0 Å². The zero-order chi connectivity index (χ0) is 28.2. The molecule has 3 aliphatic rings. The van der Waals surface area contributed by atoms with E-state index in [2.05, 4.69) is 28.5 Å². The fraction of sp³-hybridized carbons (Fsp3) is 0.533.